The molecule has 2 aromatic rings. The Morgan fingerprint density at radius 2 is 1.62 bits per heavy atom. The van der Waals surface area contributed by atoms with Crippen LogP contribution in [-0.4, -0.2) is 25.7 Å². The molecule has 6 heteroatoms. The fourth-order valence-corrected chi connectivity index (χ4v) is 2.38. The van der Waals surface area contributed by atoms with E-state index in [-0.39, 0.29) is 30.3 Å². The lowest BCUT2D eigenvalue weighted by Gasteiger charge is -2.12. The molecule has 0 heterocycles. The Morgan fingerprint density at radius 1 is 1.00 bits per heavy atom. The Morgan fingerprint density at radius 3 is 2.19 bits per heavy atom. The minimum atomic E-state index is -0.612. The third kappa shape index (κ3) is 5.23. The van der Waals surface area contributed by atoms with Gasteiger partial charge in [-0.2, -0.15) is 0 Å². The quantitative estimate of drug-likeness (QED) is 0.665. The number of hydrogen-bond acceptors (Lipinski definition) is 5. The zero-order valence-electron chi connectivity index (χ0n) is 15.0. The molecule has 0 saturated carbocycles. The molecule has 26 heavy (non-hydrogen) atoms. The van der Waals surface area contributed by atoms with Crippen LogP contribution in [0, 0.1) is 5.92 Å². The molecule has 0 aliphatic carbocycles. The van der Waals surface area contributed by atoms with Gasteiger partial charge >= 0.3 is 11.9 Å². The average Bonchev–Trinajstić information content (AvgIpc) is 2.64. The van der Waals surface area contributed by atoms with Crippen molar-refractivity contribution >= 4 is 23.5 Å². The molecule has 5 nitrogen and oxygen atoms in total. The molecule has 2 rings (SSSR count). The van der Waals surface area contributed by atoms with Crippen LogP contribution in [0.5, 0.6) is 5.75 Å². The van der Waals surface area contributed by atoms with Gasteiger partial charge in [0.2, 0.25) is 0 Å². The minimum absolute atomic E-state index is 0.00541. The zero-order chi connectivity index (χ0) is 19.1. The number of rotatable bonds is 7. The predicted molar refractivity (Wildman–Crippen MR) is 98.7 cm³/mol. The van der Waals surface area contributed by atoms with E-state index in [1.807, 2.05) is 13.8 Å². The molecule has 0 radical (unpaired) electrons. The highest BCUT2D eigenvalue weighted by Gasteiger charge is 2.19. The maximum atomic E-state index is 12.5. The van der Waals surface area contributed by atoms with Crippen molar-refractivity contribution in [1.29, 1.82) is 0 Å². The maximum absolute atomic E-state index is 12.5. The fourth-order valence-electron chi connectivity index (χ4n) is 2.22. The predicted octanol–water partition coefficient (Wildman–Crippen LogP) is 4.52. The summed E-state index contributed by atoms with van der Waals surface area (Å²) >= 11 is 5.92. The van der Waals surface area contributed by atoms with Crippen molar-refractivity contribution in [2.45, 2.75) is 20.5 Å². The lowest BCUT2D eigenvalue weighted by molar-refractivity contribution is 0.0417. The fraction of sp³-hybridized carbons (Fsp3) is 0.300. The van der Waals surface area contributed by atoms with Gasteiger partial charge in [0.05, 0.1) is 24.8 Å². The molecular formula is C20H21ClO5. The van der Waals surface area contributed by atoms with Crippen LogP contribution in [0.2, 0.25) is 5.02 Å². The second-order valence-electron chi connectivity index (χ2n) is 6.07. The number of carbonyl (C=O) groups is 2. The van der Waals surface area contributed by atoms with Crippen LogP contribution in [0.1, 0.15) is 40.1 Å². The Hall–Kier alpha value is -2.53. The van der Waals surface area contributed by atoms with Gasteiger partial charge in [-0.1, -0.05) is 43.6 Å². The molecule has 0 aliphatic heterocycles. The smallest absolute Gasteiger partial charge is 0.339 e. The number of halogens is 1. The SMILES string of the molecule is COc1cc(Cl)ccc1COC(=O)c1ccccc1C(=O)OCC(C)C. The number of methoxy groups -OCH3 is 1. The van der Waals surface area contributed by atoms with E-state index >= 15 is 0 Å². The molecule has 0 bridgehead atoms. The van der Waals surface area contributed by atoms with E-state index in [1.54, 1.807) is 36.4 Å². The number of ether oxygens (including phenoxy) is 3. The number of benzene rings is 2. The van der Waals surface area contributed by atoms with Crippen molar-refractivity contribution in [2.75, 3.05) is 13.7 Å². The second kappa shape index (κ2) is 9.25. The molecule has 0 N–H and O–H groups in total. The van der Waals surface area contributed by atoms with Gasteiger partial charge in [-0.05, 0) is 30.2 Å². The third-order valence-corrected chi connectivity index (χ3v) is 3.76. The van der Waals surface area contributed by atoms with E-state index in [2.05, 4.69) is 0 Å². The summed E-state index contributed by atoms with van der Waals surface area (Å²) in [6.45, 7) is 4.15. The monoisotopic (exact) mass is 376 g/mol. The van der Waals surface area contributed by atoms with Crippen LogP contribution in [-0.2, 0) is 16.1 Å². The van der Waals surface area contributed by atoms with E-state index in [9.17, 15) is 9.59 Å². The second-order valence-corrected chi connectivity index (χ2v) is 6.51. The number of carbonyl (C=O) groups excluding carboxylic acids is 2. The minimum Gasteiger partial charge on any atom is -0.496 e. The number of esters is 2. The highest BCUT2D eigenvalue weighted by molar-refractivity contribution is 6.30. The first-order valence-corrected chi connectivity index (χ1v) is 8.56. The Kier molecular flexibility index (Phi) is 7.04. The molecule has 0 spiro atoms. The van der Waals surface area contributed by atoms with Crippen molar-refractivity contribution in [3.8, 4) is 5.75 Å². The van der Waals surface area contributed by atoms with E-state index < -0.39 is 11.9 Å². The first-order chi connectivity index (χ1) is 12.4. The third-order valence-electron chi connectivity index (χ3n) is 3.52. The van der Waals surface area contributed by atoms with Gasteiger partial charge in [0.15, 0.2) is 0 Å². The highest BCUT2D eigenvalue weighted by atomic mass is 35.5. The first-order valence-electron chi connectivity index (χ1n) is 8.18. The lowest BCUT2D eigenvalue weighted by atomic mass is 10.1. The van der Waals surface area contributed by atoms with Gasteiger partial charge in [0.25, 0.3) is 0 Å². The summed E-state index contributed by atoms with van der Waals surface area (Å²) in [6, 6.07) is 11.5. The molecule has 0 unspecified atom stereocenters. The van der Waals surface area contributed by atoms with Gasteiger partial charge in [0, 0.05) is 10.6 Å². The standard InChI is InChI=1S/C20H21ClO5/c1-13(2)11-25-19(22)16-6-4-5-7-17(16)20(23)26-12-14-8-9-15(21)10-18(14)24-3/h4-10,13H,11-12H2,1-3H3. The van der Waals surface area contributed by atoms with Crippen LogP contribution in [0.4, 0.5) is 0 Å². The van der Waals surface area contributed by atoms with E-state index in [0.29, 0.717) is 16.3 Å². The van der Waals surface area contributed by atoms with Gasteiger partial charge in [-0.15, -0.1) is 0 Å². The van der Waals surface area contributed by atoms with Crippen molar-refractivity contribution < 1.29 is 23.8 Å². The van der Waals surface area contributed by atoms with E-state index in [4.69, 9.17) is 25.8 Å². The van der Waals surface area contributed by atoms with Crippen LogP contribution in [0.15, 0.2) is 42.5 Å². The lowest BCUT2D eigenvalue weighted by Crippen LogP contribution is -2.16. The zero-order valence-corrected chi connectivity index (χ0v) is 15.7. The van der Waals surface area contributed by atoms with Crippen LogP contribution >= 0.6 is 11.6 Å². The molecule has 0 fully saturated rings. The summed E-state index contributed by atoms with van der Waals surface area (Å²) in [4.78, 5) is 24.7. The van der Waals surface area contributed by atoms with Gasteiger partial charge < -0.3 is 14.2 Å². The largest absolute Gasteiger partial charge is 0.496 e. The Bertz CT molecular complexity index is 786. The summed E-state index contributed by atoms with van der Waals surface area (Å²) in [7, 11) is 1.51. The summed E-state index contributed by atoms with van der Waals surface area (Å²) < 4.78 is 15.8. The van der Waals surface area contributed by atoms with Crippen LogP contribution < -0.4 is 4.74 Å². The van der Waals surface area contributed by atoms with E-state index in [0.717, 1.165) is 0 Å². The molecular weight excluding hydrogens is 356 g/mol. The van der Waals surface area contributed by atoms with Crippen molar-refractivity contribution in [1.82, 2.24) is 0 Å². The summed E-state index contributed by atoms with van der Waals surface area (Å²) in [6.07, 6.45) is 0. The summed E-state index contributed by atoms with van der Waals surface area (Å²) in [5, 5.41) is 0.523. The Labute approximate surface area is 157 Å². The maximum Gasteiger partial charge on any atom is 0.339 e. The molecule has 2 aromatic carbocycles. The molecule has 138 valence electrons. The number of hydrogen-bond donors (Lipinski definition) is 0. The average molecular weight is 377 g/mol. The highest BCUT2D eigenvalue weighted by Crippen LogP contribution is 2.24. The molecule has 0 aromatic heterocycles. The normalized spacial score (nSPS) is 10.5. The van der Waals surface area contributed by atoms with Gasteiger partial charge in [-0.3, -0.25) is 0 Å². The molecule has 0 aliphatic rings. The topological polar surface area (TPSA) is 61.8 Å². The van der Waals surface area contributed by atoms with E-state index in [1.165, 1.54) is 13.2 Å². The molecule has 0 atom stereocenters. The van der Waals surface area contributed by atoms with Crippen molar-refractivity contribution in [2.24, 2.45) is 5.92 Å². The van der Waals surface area contributed by atoms with Gasteiger partial charge in [0.1, 0.15) is 12.4 Å². The summed E-state index contributed by atoms with van der Waals surface area (Å²) in [5.41, 5.74) is 1.01. The first kappa shape index (κ1) is 19.8. The summed E-state index contributed by atoms with van der Waals surface area (Å²) in [5.74, 6) is -0.431. The van der Waals surface area contributed by atoms with Crippen LogP contribution in [0.3, 0.4) is 0 Å². The molecule has 0 amide bonds. The van der Waals surface area contributed by atoms with Gasteiger partial charge in [-0.25, -0.2) is 9.59 Å². The van der Waals surface area contributed by atoms with Crippen molar-refractivity contribution in [3.05, 3.63) is 64.2 Å². The molecule has 0 saturated heterocycles. The van der Waals surface area contributed by atoms with Crippen LogP contribution in [0.25, 0.3) is 0 Å². The Balaban J connectivity index is 2.12. The van der Waals surface area contributed by atoms with Crippen molar-refractivity contribution in [3.63, 3.8) is 0 Å².